The van der Waals surface area contributed by atoms with Crippen molar-refractivity contribution in [1.29, 1.82) is 0 Å². The van der Waals surface area contributed by atoms with Gasteiger partial charge >= 0.3 is 32.7 Å². The van der Waals surface area contributed by atoms with Crippen molar-refractivity contribution in [3.8, 4) is 0 Å². The first-order chi connectivity index (χ1) is 29.4. The van der Waals surface area contributed by atoms with Gasteiger partial charge in [0.25, 0.3) is 0 Å². The van der Waals surface area contributed by atoms with Crippen LogP contribution in [0, 0.1) is 0 Å². The zero-order valence-corrected chi connectivity index (χ0v) is 45.4. The molecule has 1 fully saturated rings. The Kier molecular flexibility index (Phi) is 27.6. The van der Waals surface area contributed by atoms with E-state index in [0.29, 0.717) is 47.3 Å². The Morgan fingerprint density at radius 1 is 0.460 bits per heavy atom. The zero-order chi connectivity index (χ0) is 46.5. The minimum atomic E-state index is 0. The molecule has 0 aliphatic carbocycles. The Bertz CT molecular complexity index is 1790. The average Bonchev–Trinajstić information content (AvgIpc) is 3.82. The van der Waals surface area contributed by atoms with Crippen LogP contribution < -0.4 is 0 Å². The van der Waals surface area contributed by atoms with Crippen LogP contribution in [0.4, 0.5) is 22.7 Å². The molecule has 5 rings (SSSR count). The van der Waals surface area contributed by atoms with Gasteiger partial charge in [-0.25, -0.2) is 0 Å². The Morgan fingerprint density at radius 3 is 0.841 bits per heavy atom. The van der Waals surface area contributed by atoms with Gasteiger partial charge in [-0.15, -0.1) is 5.66 Å². The quantitative estimate of drug-likeness (QED) is 0.0717. The van der Waals surface area contributed by atoms with E-state index < -0.39 is 0 Å². The number of hydrogen-bond donors (Lipinski definition) is 0. The number of para-hydroxylation sites is 4. The van der Waals surface area contributed by atoms with Gasteiger partial charge in [-0.05, 0) is 127 Å². The summed E-state index contributed by atoms with van der Waals surface area (Å²) in [6.45, 7) is 37.6. The Hall–Kier alpha value is -3.24. The predicted octanol–water partition coefficient (Wildman–Crippen LogP) is 18.3. The van der Waals surface area contributed by atoms with Crippen LogP contribution in [0.2, 0.25) is 0 Å². The molecule has 0 radical (unpaired) electrons. The Balaban J connectivity index is 0.000000528. The largest absolute Gasteiger partial charge is 3.00 e. The summed E-state index contributed by atoms with van der Waals surface area (Å²) in [6, 6.07) is 26.1. The molecule has 63 heavy (non-hydrogen) atoms. The second kappa shape index (κ2) is 30.1. The maximum absolute atomic E-state index is 8.54. The van der Waals surface area contributed by atoms with Crippen LogP contribution in [-0.2, 0) is 42.2 Å². The molecule has 0 amide bonds. The smallest absolute Gasteiger partial charge is 0.623 e. The van der Waals surface area contributed by atoms with Crippen LogP contribution in [0.15, 0.2) is 82.8 Å². The summed E-state index contributed by atoms with van der Waals surface area (Å²) in [4.78, 5) is 18.3. The van der Waals surface area contributed by atoms with E-state index >= 15 is 0 Å². The van der Waals surface area contributed by atoms with Crippen molar-refractivity contribution in [1.82, 2.24) is 0 Å². The molecular weight excluding hydrogens is 869 g/mol. The molecule has 1 heterocycles. The normalized spacial score (nSPS) is 12.4. The second-order valence-corrected chi connectivity index (χ2v) is 18.7. The number of hydrogen-bond acceptors (Lipinski definition) is 4. The van der Waals surface area contributed by atoms with Crippen molar-refractivity contribution < 1.29 is 42.2 Å². The first-order valence-corrected chi connectivity index (χ1v) is 23.4. The van der Waals surface area contributed by atoms with Crippen LogP contribution in [0.1, 0.15) is 215 Å². The third-order valence-corrected chi connectivity index (χ3v) is 10.9. The van der Waals surface area contributed by atoms with E-state index in [0.717, 1.165) is 36.0 Å². The van der Waals surface area contributed by atoms with E-state index in [-0.39, 0.29) is 32.7 Å². The fourth-order valence-corrected chi connectivity index (χ4v) is 7.44. The Morgan fingerprint density at radius 2 is 0.667 bits per heavy atom. The molecule has 1 aliphatic heterocycles. The molecule has 338 valence electrons. The summed E-state index contributed by atoms with van der Waals surface area (Å²) in [6.07, 6.45) is 6.08. The van der Waals surface area contributed by atoms with Crippen molar-refractivity contribution in [2.75, 3.05) is 13.2 Å². The number of carbonyl (C=O) groups excluding carboxylic acids is 1. The average molecular weight is 947 g/mol. The maximum Gasteiger partial charge on any atom is 3.00 e. The summed E-state index contributed by atoms with van der Waals surface area (Å²) in [5.74, 6) is 3.48. The number of aliphatic imine (C=N–C) groups is 2. The van der Waals surface area contributed by atoms with Gasteiger partial charge in [-0.2, -0.15) is 0 Å². The van der Waals surface area contributed by atoms with E-state index in [4.69, 9.17) is 30.1 Å². The van der Waals surface area contributed by atoms with Gasteiger partial charge in [0.05, 0.1) is 0 Å². The summed E-state index contributed by atoms with van der Waals surface area (Å²) >= 11 is 0. The van der Waals surface area contributed by atoms with Gasteiger partial charge in [-0.1, -0.05) is 196 Å². The Labute approximate surface area is 411 Å². The van der Waals surface area contributed by atoms with Crippen LogP contribution in [-0.4, -0.2) is 31.6 Å². The number of nitrogens with zero attached hydrogens (tertiary/aromatic N) is 4. The number of ether oxygens (including phenoxy) is 1. The molecular formula is C55H78N4O2PY. The molecule has 4 aromatic carbocycles. The predicted molar refractivity (Wildman–Crippen MR) is 273 cm³/mol. The molecule has 8 heteroatoms. The van der Waals surface area contributed by atoms with Crippen molar-refractivity contribution in [2.24, 2.45) is 9.98 Å². The molecule has 4 aromatic rings. The monoisotopic (exact) mass is 946 g/mol. The SMILES string of the molecule is C1CCOC1.CC(C)c1cccc(C(C)C)c1N=C[N-]c1c(C(C)C)cccc1C(C)C.CC(C)c1cccc(C(C)C)c1N=C[N-]c1c(C(C)C)cccc1C(C)C.O=C=[P-].[Y+3]. The fourth-order valence-electron chi connectivity index (χ4n) is 7.44. The van der Waals surface area contributed by atoms with Crippen LogP contribution in [0.3, 0.4) is 0 Å². The second-order valence-electron chi connectivity index (χ2n) is 18.5. The standard InChI is InChI=1S/2C25H35N2.C4H8O.COP.Y/c2*1-16(2)20-11-9-12-21(17(3)4)24(20)26-15-27-25-22(18(5)6)13-10-14-23(25)19(7)8;1-2-4-5-3-1;2-1-3;/h2*9-19H,1-8H3;1-4H2;;/q2*-1;;-1;+3. The molecule has 0 bridgehead atoms. The number of rotatable bonds is 14. The van der Waals surface area contributed by atoms with Gasteiger partial charge in [-0.3, -0.25) is 4.79 Å². The van der Waals surface area contributed by atoms with Gasteiger partial charge in [0, 0.05) is 13.2 Å². The van der Waals surface area contributed by atoms with Crippen molar-refractivity contribution in [3.05, 3.63) is 128 Å². The van der Waals surface area contributed by atoms with E-state index in [1.54, 1.807) is 12.7 Å². The minimum Gasteiger partial charge on any atom is -0.623 e. The van der Waals surface area contributed by atoms with Crippen molar-refractivity contribution >= 4 is 50.0 Å². The molecule has 1 aliphatic rings. The van der Waals surface area contributed by atoms with Gasteiger partial charge < -0.3 is 34.2 Å². The summed E-state index contributed by atoms with van der Waals surface area (Å²) in [7, 11) is 2.98. The first-order valence-electron chi connectivity index (χ1n) is 23.0. The topological polar surface area (TPSA) is 79.2 Å². The molecule has 0 saturated carbocycles. The van der Waals surface area contributed by atoms with E-state index in [1.807, 2.05) is 0 Å². The maximum atomic E-state index is 8.54. The molecule has 1 saturated heterocycles. The van der Waals surface area contributed by atoms with Gasteiger partial charge in [0.2, 0.25) is 0 Å². The molecule has 0 spiro atoms. The van der Waals surface area contributed by atoms with Gasteiger partial charge in [0.1, 0.15) is 0 Å². The fraction of sp³-hybridized carbons (Fsp3) is 0.509. The molecule has 6 nitrogen and oxygen atoms in total. The van der Waals surface area contributed by atoms with Crippen molar-refractivity contribution in [3.63, 3.8) is 0 Å². The molecule has 0 aromatic heterocycles. The van der Waals surface area contributed by atoms with Gasteiger partial charge in [0.15, 0.2) is 0 Å². The number of benzene rings is 4. The van der Waals surface area contributed by atoms with E-state index in [2.05, 4.69) is 192 Å². The van der Waals surface area contributed by atoms with Crippen LogP contribution in [0.5, 0.6) is 0 Å². The first kappa shape index (κ1) is 57.8. The molecule has 0 atom stereocenters. The third kappa shape index (κ3) is 18.3. The van der Waals surface area contributed by atoms with Crippen LogP contribution >= 0.6 is 8.86 Å². The van der Waals surface area contributed by atoms with Crippen LogP contribution in [0.25, 0.3) is 10.6 Å². The third-order valence-electron chi connectivity index (χ3n) is 10.9. The molecule has 0 unspecified atom stereocenters. The minimum absolute atomic E-state index is 0. The summed E-state index contributed by atoms with van der Waals surface area (Å²) in [5.41, 5.74) is 15.8. The summed E-state index contributed by atoms with van der Waals surface area (Å²) < 4.78 is 4.94. The van der Waals surface area contributed by atoms with Crippen molar-refractivity contribution in [2.45, 2.75) is 171 Å². The zero-order valence-electron chi connectivity index (χ0n) is 41.7. The summed E-state index contributed by atoms with van der Waals surface area (Å²) in [5, 5.41) is 9.71. The van der Waals surface area contributed by atoms with E-state index in [9.17, 15) is 0 Å². The van der Waals surface area contributed by atoms with E-state index in [1.165, 1.54) is 63.0 Å². The molecule has 0 N–H and O–H groups in total.